The summed E-state index contributed by atoms with van der Waals surface area (Å²) in [6.45, 7) is 6.51. The van der Waals surface area contributed by atoms with E-state index in [1.807, 2.05) is 32.1 Å². The summed E-state index contributed by atoms with van der Waals surface area (Å²) >= 11 is 0. The molecule has 0 radical (unpaired) electrons. The monoisotopic (exact) mass is 452 g/mol. The second-order valence-corrected chi connectivity index (χ2v) is 9.27. The van der Waals surface area contributed by atoms with E-state index in [0.717, 1.165) is 42.5 Å². The highest BCUT2D eigenvalue weighted by molar-refractivity contribution is 5.75. The van der Waals surface area contributed by atoms with Gasteiger partial charge in [-0.05, 0) is 50.8 Å². The Balaban J connectivity index is 1.55. The third-order valence-corrected chi connectivity index (χ3v) is 6.39. The number of hydrogen-bond acceptors (Lipinski definition) is 5. The average molecular weight is 453 g/mol. The maximum atomic E-state index is 15.4. The topological polar surface area (TPSA) is 66.1 Å². The maximum Gasteiger partial charge on any atom is 0.173 e. The quantitative estimate of drug-likeness (QED) is 0.502. The number of methoxy groups -OCH3 is 1. The van der Waals surface area contributed by atoms with Crippen molar-refractivity contribution in [3.8, 4) is 5.75 Å². The Bertz CT molecular complexity index is 1080. The molecule has 3 aliphatic rings. The van der Waals surface area contributed by atoms with Crippen LogP contribution >= 0.6 is 0 Å². The standard InChI is InChI=1S/C27H33FN2O3/c1-5-6-17(2)13-19-18(3)7-8-23(26(19)28)33-22-9-12-30-21-15-25(24(31-4)14-20(21)22)32-16-27(29)10-11-27/h7-9,12-13,15,20H,5-6,10-11,14,16,29H2,1-4H3/b17-13-. The highest BCUT2D eigenvalue weighted by Crippen LogP contribution is 2.40. The van der Waals surface area contributed by atoms with Crippen LogP contribution in [0.2, 0.25) is 0 Å². The summed E-state index contributed by atoms with van der Waals surface area (Å²) in [4.78, 5) is 4.51. The van der Waals surface area contributed by atoms with Crippen LogP contribution in [0.5, 0.6) is 5.75 Å². The molecule has 0 saturated heterocycles. The number of halogens is 1. The number of ether oxygens (including phenoxy) is 3. The van der Waals surface area contributed by atoms with Gasteiger partial charge in [0, 0.05) is 24.3 Å². The number of aryl methyl sites for hydroxylation is 1. The van der Waals surface area contributed by atoms with Gasteiger partial charge in [-0.2, -0.15) is 0 Å². The molecule has 0 amide bonds. The summed E-state index contributed by atoms with van der Waals surface area (Å²) in [7, 11) is 1.63. The lowest BCUT2D eigenvalue weighted by atomic mass is 9.91. The van der Waals surface area contributed by atoms with Crippen LogP contribution < -0.4 is 10.5 Å². The molecule has 1 heterocycles. The lowest BCUT2D eigenvalue weighted by Gasteiger charge is -2.29. The fourth-order valence-corrected chi connectivity index (χ4v) is 4.10. The van der Waals surface area contributed by atoms with Gasteiger partial charge in [-0.25, -0.2) is 4.39 Å². The van der Waals surface area contributed by atoms with Crippen LogP contribution in [0.1, 0.15) is 57.1 Å². The Kier molecular flexibility index (Phi) is 6.75. The van der Waals surface area contributed by atoms with Crippen LogP contribution in [0.3, 0.4) is 0 Å². The Morgan fingerprint density at radius 2 is 2.12 bits per heavy atom. The normalized spacial score (nSPS) is 21.3. The number of rotatable bonds is 9. The van der Waals surface area contributed by atoms with Crippen LogP contribution in [0.25, 0.3) is 6.08 Å². The van der Waals surface area contributed by atoms with E-state index in [2.05, 4.69) is 11.9 Å². The van der Waals surface area contributed by atoms with Crippen molar-refractivity contribution in [1.29, 1.82) is 0 Å². The predicted octanol–water partition coefficient (Wildman–Crippen LogP) is 5.95. The van der Waals surface area contributed by atoms with Crippen molar-refractivity contribution in [2.45, 2.75) is 58.4 Å². The van der Waals surface area contributed by atoms with Crippen molar-refractivity contribution in [3.63, 3.8) is 0 Å². The summed E-state index contributed by atoms with van der Waals surface area (Å²) in [5, 5.41) is 0. The first kappa shape index (κ1) is 23.3. The van der Waals surface area contributed by atoms with E-state index in [4.69, 9.17) is 19.9 Å². The van der Waals surface area contributed by atoms with Gasteiger partial charge in [0.2, 0.25) is 0 Å². The number of aliphatic imine (C=N–C) groups is 1. The molecule has 176 valence electrons. The number of benzene rings is 1. The summed E-state index contributed by atoms with van der Waals surface area (Å²) in [6.07, 6.45) is 11.7. The zero-order valence-corrected chi connectivity index (χ0v) is 19.9. The average Bonchev–Trinajstić information content (AvgIpc) is 3.54. The first-order valence-corrected chi connectivity index (χ1v) is 11.6. The second-order valence-electron chi connectivity index (χ2n) is 9.27. The molecule has 2 aliphatic carbocycles. The fraction of sp³-hybridized carbons (Fsp3) is 0.444. The molecular weight excluding hydrogens is 419 g/mol. The van der Waals surface area contributed by atoms with Crippen LogP contribution in [0.15, 0.2) is 57.8 Å². The predicted molar refractivity (Wildman–Crippen MR) is 129 cm³/mol. The number of hydrogen-bond donors (Lipinski definition) is 1. The molecule has 2 N–H and O–H groups in total. The third kappa shape index (κ3) is 5.22. The van der Waals surface area contributed by atoms with Crippen LogP contribution in [0, 0.1) is 18.7 Å². The van der Waals surface area contributed by atoms with E-state index in [-0.39, 0.29) is 23.0 Å². The molecule has 4 rings (SSSR count). The van der Waals surface area contributed by atoms with E-state index in [0.29, 0.717) is 35.9 Å². The zero-order chi connectivity index (χ0) is 23.6. The smallest absolute Gasteiger partial charge is 0.173 e. The number of dihydropyridines is 1. The Labute approximate surface area is 195 Å². The Morgan fingerprint density at radius 3 is 2.82 bits per heavy atom. The van der Waals surface area contributed by atoms with Crippen molar-refractivity contribution >= 4 is 12.3 Å². The number of nitrogens with two attached hydrogens (primary N) is 1. The summed E-state index contributed by atoms with van der Waals surface area (Å²) in [5.74, 6) is 1.68. The molecule has 0 spiro atoms. The number of allylic oxidation sites excluding steroid dienone is 4. The van der Waals surface area contributed by atoms with Gasteiger partial charge in [0.15, 0.2) is 17.3 Å². The largest absolute Gasteiger partial charge is 0.497 e. The maximum absolute atomic E-state index is 15.4. The van der Waals surface area contributed by atoms with Gasteiger partial charge < -0.3 is 19.9 Å². The van der Waals surface area contributed by atoms with E-state index in [1.54, 1.807) is 25.5 Å². The van der Waals surface area contributed by atoms with Gasteiger partial charge in [-0.1, -0.05) is 31.1 Å². The van der Waals surface area contributed by atoms with Gasteiger partial charge in [0.25, 0.3) is 0 Å². The third-order valence-electron chi connectivity index (χ3n) is 6.39. The van der Waals surface area contributed by atoms with Crippen molar-refractivity contribution in [3.05, 3.63) is 69.8 Å². The zero-order valence-electron chi connectivity index (χ0n) is 19.9. The first-order chi connectivity index (χ1) is 15.8. The van der Waals surface area contributed by atoms with E-state index >= 15 is 4.39 Å². The van der Waals surface area contributed by atoms with E-state index in [9.17, 15) is 0 Å². The van der Waals surface area contributed by atoms with Crippen molar-refractivity contribution in [1.82, 2.24) is 0 Å². The molecule has 1 aromatic rings. The summed E-state index contributed by atoms with van der Waals surface area (Å²) in [5.41, 5.74) is 9.35. The Morgan fingerprint density at radius 1 is 1.33 bits per heavy atom. The first-order valence-electron chi connectivity index (χ1n) is 11.6. The van der Waals surface area contributed by atoms with Gasteiger partial charge in [-0.3, -0.25) is 4.99 Å². The lowest BCUT2D eigenvalue weighted by Crippen LogP contribution is -2.29. The molecule has 33 heavy (non-hydrogen) atoms. The molecule has 1 saturated carbocycles. The van der Waals surface area contributed by atoms with Gasteiger partial charge >= 0.3 is 0 Å². The fourth-order valence-electron chi connectivity index (χ4n) is 4.10. The lowest BCUT2D eigenvalue weighted by molar-refractivity contribution is 0.156. The highest BCUT2D eigenvalue weighted by Gasteiger charge is 2.40. The molecule has 1 aromatic carbocycles. The molecule has 1 aliphatic heterocycles. The van der Waals surface area contributed by atoms with Gasteiger partial charge in [0.1, 0.15) is 18.1 Å². The second kappa shape index (κ2) is 9.56. The van der Waals surface area contributed by atoms with Crippen LogP contribution in [0.4, 0.5) is 4.39 Å². The van der Waals surface area contributed by atoms with Crippen molar-refractivity contribution in [2.75, 3.05) is 13.7 Å². The summed E-state index contributed by atoms with van der Waals surface area (Å²) in [6, 6.07) is 3.58. The molecule has 5 nitrogen and oxygen atoms in total. The number of fused-ring (bicyclic) bond motifs is 1. The van der Waals surface area contributed by atoms with Crippen LogP contribution in [-0.4, -0.2) is 25.5 Å². The van der Waals surface area contributed by atoms with Crippen LogP contribution in [-0.2, 0) is 9.47 Å². The molecule has 0 aromatic heterocycles. The minimum absolute atomic E-state index is 0.174. The molecular formula is C27H33FN2O3. The van der Waals surface area contributed by atoms with Crippen molar-refractivity contribution in [2.24, 2.45) is 16.6 Å². The van der Waals surface area contributed by atoms with Gasteiger partial charge in [-0.15, -0.1) is 0 Å². The molecule has 1 fully saturated rings. The highest BCUT2D eigenvalue weighted by atomic mass is 19.1. The summed E-state index contributed by atoms with van der Waals surface area (Å²) < 4.78 is 33.1. The minimum Gasteiger partial charge on any atom is -0.497 e. The molecule has 1 atom stereocenters. The molecule has 1 unspecified atom stereocenters. The van der Waals surface area contributed by atoms with E-state index in [1.165, 1.54) is 0 Å². The Hall–Kier alpha value is -2.86. The molecule has 0 bridgehead atoms. The SMILES string of the molecule is CCC/C(C)=C\c1c(C)ccc(OC2=CC=NC3=CC(OCC4(N)CC4)=C(OC)CC32)c1F. The van der Waals surface area contributed by atoms with E-state index < -0.39 is 0 Å². The van der Waals surface area contributed by atoms with Crippen molar-refractivity contribution < 1.29 is 18.6 Å². The van der Waals surface area contributed by atoms with Gasteiger partial charge in [0.05, 0.1) is 24.3 Å². The molecule has 6 heteroatoms. The minimum atomic E-state index is -0.348. The number of nitrogens with zero attached hydrogens (tertiary/aromatic N) is 1.